The van der Waals surface area contributed by atoms with Gasteiger partial charge >= 0.3 is 0 Å². The minimum Gasteiger partial charge on any atom is -0.366 e. The molecular formula is C14H23N5. The summed E-state index contributed by atoms with van der Waals surface area (Å²) in [6.07, 6.45) is 4.13. The summed E-state index contributed by atoms with van der Waals surface area (Å²) in [5.41, 5.74) is 5.63. The van der Waals surface area contributed by atoms with Crippen molar-refractivity contribution in [1.82, 2.24) is 9.97 Å². The van der Waals surface area contributed by atoms with Gasteiger partial charge in [-0.2, -0.15) is 0 Å². The molecule has 5 nitrogen and oxygen atoms in total. The molecule has 1 aromatic rings. The molecule has 1 unspecified atom stereocenters. The van der Waals surface area contributed by atoms with E-state index in [-0.39, 0.29) is 0 Å². The van der Waals surface area contributed by atoms with Gasteiger partial charge in [0.15, 0.2) is 0 Å². The lowest BCUT2D eigenvalue weighted by molar-refractivity contribution is 0.546. The average Bonchev–Trinajstić information content (AvgIpc) is 2.85. The van der Waals surface area contributed by atoms with Gasteiger partial charge in [0, 0.05) is 25.7 Å². The summed E-state index contributed by atoms with van der Waals surface area (Å²) in [4.78, 5) is 11.2. The summed E-state index contributed by atoms with van der Waals surface area (Å²) in [7, 11) is 0. The van der Waals surface area contributed by atoms with Crippen molar-refractivity contribution in [3.63, 3.8) is 0 Å². The molecule has 1 saturated heterocycles. The standard InChI is InChI=1S/C14H23N5/c1-3-7-16-13-9-14(18-11(2)17-13)19-8-5-12(10-19)4-6-15/h3,9,12H,1,4-8,10,15H2,2H3,(H,16,17,18). The molecule has 0 aromatic carbocycles. The Morgan fingerprint density at radius 3 is 3.16 bits per heavy atom. The lowest BCUT2D eigenvalue weighted by Gasteiger charge is -2.18. The van der Waals surface area contributed by atoms with Gasteiger partial charge in [-0.15, -0.1) is 6.58 Å². The second-order valence-electron chi connectivity index (χ2n) is 5.01. The van der Waals surface area contributed by atoms with Gasteiger partial charge < -0.3 is 16.0 Å². The molecule has 1 aliphatic rings. The number of rotatable bonds is 6. The maximum atomic E-state index is 5.63. The van der Waals surface area contributed by atoms with Gasteiger partial charge in [0.05, 0.1) is 0 Å². The molecule has 2 rings (SSSR count). The number of nitrogens with one attached hydrogen (secondary N) is 1. The van der Waals surface area contributed by atoms with Gasteiger partial charge in [-0.25, -0.2) is 9.97 Å². The Balaban J connectivity index is 2.07. The van der Waals surface area contributed by atoms with Gasteiger partial charge in [-0.1, -0.05) is 6.08 Å². The van der Waals surface area contributed by atoms with Crippen molar-refractivity contribution in [2.24, 2.45) is 11.7 Å². The molecule has 0 saturated carbocycles. The summed E-state index contributed by atoms with van der Waals surface area (Å²) in [5.74, 6) is 3.37. The molecule has 104 valence electrons. The molecule has 0 spiro atoms. The van der Waals surface area contributed by atoms with Crippen molar-refractivity contribution in [3.8, 4) is 0 Å². The Kier molecular flexibility index (Phi) is 4.74. The fourth-order valence-corrected chi connectivity index (χ4v) is 2.49. The van der Waals surface area contributed by atoms with Crippen molar-refractivity contribution in [1.29, 1.82) is 0 Å². The maximum Gasteiger partial charge on any atom is 0.134 e. The van der Waals surface area contributed by atoms with Gasteiger partial charge in [0.25, 0.3) is 0 Å². The topological polar surface area (TPSA) is 67.1 Å². The number of aryl methyl sites for hydroxylation is 1. The predicted octanol–water partition coefficient (Wildman–Crippen LogP) is 1.56. The van der Waals surface area contributed by atoms with Crippen molar-refractivity contribution < 1.29 is 0 Å². The van der Waals surface area contributed by atoms with Crippen LogP contribution in [0.25, 0.3) is 0 Å². The molecule has 1 atom stereocenters. The molecule has 3 N–H and O–H groups in total. The van der Waals surface area contributed by atoms with Crippen LogP contribution in [0.4, 0.5) is 11.6 Å². The Morgan fingerprint density at radius 1 is 1.58 bits per heavy atom. The number of nitrogens with two attached hydrogens (primary N) is 1. The van der Waals surface area contributed by atoms with Gasteiger partial charge in [0.2, 0.25) is 0 Å². The molecule has 0 aliphatic carbocycles. The van der Waals surface area contributed by atoms with Crippen LogP contribution in [-0.2, 0) is 0 Å². The van der Waals surface area contributed by atoms with E-state index in [0.717, 1.165) is 43.5 Å². The Bertz CT molecular complexity index is 432. The Labute approximate surface area is 114 Å². The molecule has 19 heavy (non-hydrogen) atoms. The van der Waals surface area contributed by atoms with E-state index in [1.165, 1.54) is 6.42 Å². The van der Waals surface area contributed by atoms with Crippen LogP contribution in [0, 0.1) is 12.8 Å². The summed E-state index contributed by atoms with van der Waals surface area (Å²) >= 11 is 0. The van der Waals surface area contributed by atoms with Crippen LogP contribution in [0.15, 0.2) is 18.7 Å². The largest absolute Gasteiger partial charge is 0.366 e. The number of hydrogen-bond acceptors (Lipinski definition) is 5. The van der Waals surface area contributed by atoms with Gasteiger partial charge in [-0.3, -0.25) is 0 Å². The Morgan fingerprint density at radius 2 is 2.42 bits per heavy atom. The van der Waals surface area contributed by atoms with Crippen molar-refractivity contribution in [3.05, 3.63) is 24.5 Å². The summed E-state index contributed by atoms with van der Waals surface area (Å²) in [6, 6.07) is 2.02. The zero-order valence-corrected chi connectivity index (χ0v) is 11.6. The van der Waals surface area contributed by atoms with Crippen LogP contribution in [-0.4, -0.2) is 36.1 Å². The third-order valence-corrected chi connectivity index (χ3v) is 3.44. The minimum absolute atomic E-state index is 0.699. The Hall–Kier alpha value is -1.62. The molecule has 2 heterocycles. The molecule has 0 amide bonds. The first kappa shape index (κ1) is 13.8. The van der Waals surface area contributed by atoms with E-state index in [2.05, 4.69) is 26.8 Å². The maximum absolute atomic E-state index is 5.63. The fraction of sp³-hybridized carbons (Fsp3) is 0.571. The van der Waals surface area contributed by atoms with Crippen molar-refractivity contribution >= 4 is 11.6 Å². The van der Waals surface area contributed by atoms with E-state index >= 15 is 0 Å². The van der Waals surface area contributed by atoms with E-state index in [1.54, 1.807) is 0 Å². The molecule has 1 aliphatic heterocycles. The fourth-order valence-electron chi connectivity index (χ4n) is 2.49. The third kappa shape index (κ3) is 3.67. The highest BCUT2D eigenvalue weighted by Crippen LogP contribution is 2.25. The lowest BCUT2D eigenvalue weighted by Crippen LogP contribution is -2.22. The average molecular weight is 261 g/mol. The van der Waals surface area contributed by atoms with E-state index < -0.39 is 0 Å². The number of aromatic nitrogens is 2. The first-order chi connectivity index (χ1) is 9.22. The predicted molar refractivity (Wildman–Crippen MR) is 79.4 cm³/mol. The van der Waals surface area contributed by atoms with Crippen molar-refractivity contribution in [2.45, 2.75) is 19.8 Å². The lowest BCUT2D eigenvalue weighted by atomic mass is 10.1. The molecule has 5 heteroatoms. The quantitative estimate of drug-likeness (QED) is 0.761. The highest BCUT2D eigenvalue weighted by atomic mass is 15.2. The first-order valence-electron chi connectivity index (χ1n) is 6.88. The third-order valence-electron chi connectivity index (χ3n) is 3.44. The molecule has 1 aromatic heterocycles. The highest BCUT2D eigenvalue weighted by molar-refractivity contribution is 5.50. The highest BCUT2D eigenvalue weighted by Gasteiger charge is 2.23. The van der Waals surface area contributed by atoms with Crippen LogP contribution < -0.4 is 16.0 Å². The van der Waals surface area contributed by atoms with Gasteiger partial charge in [-0.05, 0) is 32.2 Å². The van der Waals surface area contributed by atoms with Crippen LogP contribution >= 0.6 is 0 Å². The molecule has 1 fully saturated rings. The van der Waals surface area contributed by atoms with E-state index in [4.69, 9.17) is 5.73 Å². The van der Waals surface area contributed by atoms with E-state index in [9.17, 15) is 0 Å². The first-order valence-corrected chi connectivity index (χ1v) is 6.88. The van der Waals surface area contributed by atoms with Crippen LogP contribution in [0.1, 0.15) is 18.7 Å². The van der Waals surface area contributed by atoms with Crippen LogP contribution in [0.5, 0.6) is 0 Å². The zero-order chi connectivity index (χ0) is 13.7. The monoisotopic (exact) mass is 261 g/mol. The second kappa shape index (κ2) is 6.52. The number of hydrogen-bond donors (Lipinski definition) is 2. The SMILES string of the molecule is C=CCNc1cc(N2CCC(CCN)C2)nc(C)n1. The summed E-state index contributed by atoms with van der Waals surface area (Å²) in [6.45, 7) is 9.22. The van der Waals surface area contributed by atoms with Crippen LogP contribution in [0.2, 0.25) is 0 Å². The summed E-state index contributed by atoms with van der Waals surface area (Å²) < 4.78 is 0. The normalized spacial score (nSPS) is 18.6. The van der Waals surface area contributed by atoms with E-state index in [1.807, 2.05) is 19.1 Å². The summed E-state index contributed by atoms with van der Waals surface area (Å²) in [5, 5.41) is 3.22. The second-order valence-corrected chi connectivity index (χ2v) is 5.01. The van der Waals surface area contributed by atoms with Crippen molar-refractivity contribution in [2.75, 3.05) is 36.4 Å². The number of anilines is 2. The zero-order valence-electron chi connectivity index (χ0n) is 11.6. The molecular weight excluding hydrogens is 238 g/mol. The smallest absolute Gasteiger partial charge is 0.134 e. The minimum atomic E-state index is 0.699. The van der Waals surface area contributed by atoms with E-state index in [0.29, 0.717) is 12.5 Å². The number of nitrogens with zero attached hydrogens (tertiary/aromatic N) is 3. The van der Waals surface area contributed by atoms with Gasteiger partial charge in [0.1, 0.15) is 17.5 Å². The van der Waals surface area contributed by atoms with Crippen LogP contribution in [0.3, 0.4) is 0 Å². The molecule has 0 radical (unpaired) electrons. The molecule has 0 bridgehead atoms.